The van der Waals surface area contributed by atoms with Gasteiger partial charge in [-0.3, -0.25) is 5.10 Å². The van der Waals surface area contributed by atoms with Crippen molar-refractivity contribution >= 4 is 5.69 Å². The Morgan fingerprint density at radius 2 is 2.22 bits per heavy atom. The number of aromatic nitrogens is 2. The van der Waals surface area contributed by atoms with Gasteiger partial charge in [-0.25, -0.2) is 0 Å². The van der Waals surface area contributed by atoms with Crippen LogP contribution in [-0.2, 0) is 6.54 Å². The van der Waals surface area contributed by atoms with Gasteiger partial charge in [0.05, 0.1) is 24.9 Å². The molecule has 0 saturated carbocycles. The van der Waals surface area contributed by atoms with E-state index in [0.29, 0.717) is 19.6 Å². The average molecular weight is 311 g/mol. The van der Waals surface area contributed by atoms with Crippen LogP contribution < -0.4 is 10.1 Å². The molecule has 6 nitrogen and oxygen atoms in total. The average Bonchev–Trinajstić information content (AvgIpc) is 3.25. The second-order valence-electron chi connectivity index (χ2n) is 5.47. The highest BCUT2D eigenvalue weighted by atomic mass is 16.5. The quantitative estimate of drug-likeness (QED) is 0.689. The molecule has 23 heavy (non-hydrogen) atoms. The van der Waals surface area contributed by atoms with Gasteiger partial charge in [0.25, 0.3) is 0 Å². The van der Waals surface area contributed by atoms with E-state index in [2.05, 4.69) is 15.5 Å². The first-order valence-corrected chi connectivity index (χ1v) is 7.57. The number of fused-ring (bicyclic) bond motifs is 1. The Morgan fingerprint density at radius 1 is 1.26 bits per heavy atom. The Bertz CT molecular complexity index is 795. The number of rotatable bonds is 4. The van der Waals surface area contributed by atoms with Gasteiger partial charge in [0.15, 0.2) is 5.76 Å². The molecule has 4 rings (SSSR count). The van der Waals surface area contributed by atoms with Crippen molar-refractivity contribution in [2.24, 2.45) is 0 Å². The Balaban J connectivity index is 1.51. The van der Waals surface area contributed by atoms with Crippen LogP contribution in [-0.4, -0.2) is 21.9 Å². The first-order chi connectivity index (χ1) is 11.3. The third kappa shape index (κ3) is 2.68. The summed E-state index contributed by atoms with van der Waals surface area (Å²) in [5, 5.41) is 20.1. The first kappa shape index (κ1) is 13.9. The summed E-state index contributed by atoms with van der Waals surface area (Å²) in [6.07, 6.45) is 1.85. The molecule has 6 heteroatoms. The predicted molar refractivity (Wildman–Crippen MR) is 85.1 cm³/mol. The van der Waals surface area contributed by atoms with E-state index >= 15 is 0 Å². The molecule has 0 saturated heterocycles. The summed E-state index contributed by atoms with van der Waals surface area (Å²) in [5.74, 6) is 2.29. The van der Waals surface area contributed by atoms with Gasteiger partial charge in [-0.05, 0) is 24.3 Å². The number of furan rings is 1. The van der Waals surface area contributed by atoms with Gasteiger partial charge in [-0.15, -0.1) is 0 Å². The second-order valence-corrected chi connectivity index (χ2v) is 5.47. The number of hydrogen-bond donors (Lipinski definition) is 3. The topological polar surface area (TPSA) is 83.3 Å². The summed E-state index contributed by atoms with van der Waals surface area (Å²) in [4.78, 5) is 0. The maximum Gasteiger partial charge on any atom is 0.152 e. The highest BCUT2D eigenvalue weighted by Crippen LogP contribution is 2.38. The lowest BCUT2D eigenvalue weighted by Crippen LogP contribution is -2.15. The highest BCUT2D eigenvalue weighted by molar-refractivity contribution is 5.61. The third-order valence-electron chi connectivity index (χ3n) is 3.92. The maximum atomic E-state index is 10.0. The number of para-hydroxylation sites is 1. The molecular weight excluding hydrogens is 294 g/mol. The van der Waals surface area contributed by atoms with Crippen LogP contribution in [0.5, 0.6) is 5.75 Å². The number of aliphatic hydroxyl groups is 1. The molecule has 1 aliphatic rings. The number of nitrogens with zero attached hydrogens (tertiary/aromatic N) is 1. The van der Waals surface area contributed by atoms with Crippen molar-refractivity contribution in [2.45, 2.75) is 19.1 Å². The summed E-state index contributed by atoms with van der Waals surface area (Å²) in [7, 11) is 0. The number of aromatic amines is 1. The van der Waals surface area contributed by atoms with Crippen molar-refractivity contribution in [3.8, 4) is 17.2 Å². The number of anilines is 1. The normalized spacial score (nSPS) is 16.7. The summed E-state index contributed by atoms with van der Waals surface area (Å²) < 4.78 is 11.5. The van der Waals surface area contributed by atoms with E-state index in [9.17, 15) is 5.11 Å². The minimum Gasteiger partial charge on any atom is -0.491 e. The molecule has 3 N–H and O–H groups in total. The van der Waals surface area contributed by atoms with Crippen molar-refractivity contribution in [3.63, 3.8) is 0 Å². The van der Waals surface area contributed by atoms with Crippen LogP contribution in [0.1, 0.15) is 23.8 Å². The lowest BCUT2D eigenvalue weighted by atomic mass is 10.0. The van der Waals surface area contributed by atoms with Gasteiger partial charge in [0.2, 0.25) is 0 Å². The fourth-order valence-electron chi connectivity index (χ4n) is 2.74. The van der Waals surface area contributed by atoms with Crippen LogP contribution in [0.3, 0.4) is 0 Å². The SMILES string of the molecule is OC1CCOc2c(NCc3ccc(-c4ccn[nH]4)o3)cccc21. The molecule has 3 aromatic rings. The van der Waals surface area contributed by atoms with Crippen molar-refractivity contribution in [1.82, 2.24) is 10.2 Å². The fraction of sp³-hybridized carbons (Fsp3) is 0.235. The summed E-state index contributed by atoms with van der Waals surface area (Å²) in [6.45, 7) is 1.06. The molecule has 0 bridgehead atoms. The second kappa shape index (κ2) is 5.81. The van der Waals surface area contributed by atoms with Crippen molar-refractivity contribution in [1.29, 1.82) is 0 Å². The smallest absolute Gasteiger partial charge is 0.152 e. The van der Waals surface area contributed by atoms with E-state index in [1.54, 1.807) is 6.20 Å². The molecule has 0 aliphatic carbocycles. The molecule has 2 aromatic heterocycles. The van der Waals surface area contributed by atoms with Crippen molar-refractivity contribution < 1.29 is 14.3 Å². The number of hydrogen-bond acceptors (Lipinski definition) is 5. The molecule has 118 valence electrons. The van der Waals surface area contributed by atoms with E-state index in [1.807, 2.05) is 36.4 Å². The number of ether oxygens (including phenoxy) is 1. The van der Waals surface area contributed by atoms with Crippen molar-refractivity contribution in [2.75, 3.05) is 11.9 Å². The zero-order valence-corrected chi connectivity index (χ0v) is 12.5. The summed E-state index contributed by atoms with van der Waals surface area (Å²) >= 11 is 0. The molecule has 0 radical (unpaired) electrons. The lowest BCUT2D eigenvalue weighted by molar-refractivity contribution is 0.116. The Morgan fingerprint density at radius 3 is 3.09 bits per heavy atom. The first-order valence-electron chi connectivity index (χ1n) is 7.57. The van der Waals surface area contributed by atoms with Crippen LogP contribution in [0, 0.1) is 0 Å². The molecule has 1 aliphatic heterocycles. The largest absolute Gasteiger partial charge is 0.491 e. The summed E-state index contributed by atoms with van der Waals surface area (Å²) in [6, 6.07) is 11.4. The minimum atomic E-state index is -0.462. The van der Waals surface area contributed by atoms with E-state index in [0.717, 1.165) is 34.2 Å². The highest BCUT2D eigenvalue weighted by Gasteiger charge is 2.21. The molecule has 1 aromatic carbocycles. The van der Waals surface area contributed by atoms with E-state index in [1.165, 1.54) is 0 Å². The predicted octanol–water partition coefficient (Wildman–Crippen LogP) is 3.10. The zero-order valence-electron chi connectivity index (χ0n) is 12.5. The maximum absolute atomic E-state index is 10.0. The number of nitrogens with one attached hydrogen (secondary N) is 2. The standard InChI is InChI=1S/C17H17N3O3/c21-15-7-9-22-17-12(15)2-1-3-14(17)18-10-11-4-5-16(23-11)13-6-8-19-20-13/h1-6,8,15,18,21H,7,9-10H2,(H,19,20). The summed E-state index contributed by atoms with van der Waals surface area (Å²) in [5.41, 5.74) is 2.54. The molecule has 1 unspecified atom stereocenters. The van der Waals surface area contributed by atoms with Crippen LogP contribution in [0.25, 0.3) is 11.5 Å². The molecular formula is C17H17N3O3. The Hall–Kier alpha value is -2.73. The molecule has 3 heterocycles. The molecule has 1 atom stereocenters. The third-order valence-corrected chi connectivity index (χ3v) is 3.92. The molecule has 0 amide bonds. The van der Waals surface area contributed by atoms with Crippen LogP contribution in [0.2, 0.25) is 0 Å². The zero-order chi connectivity index (χ0) is 15.6. The monoisotopic (exact) mass is 311 g/mol. The molecule has 0 fully saturated rings. The van der Waals surface area contributed by atoms with Gasteiger partial charge < -0.3 is 19.6 Å². The van der Waals surface area contributed by atoms with Gasteiger partial charge >= 0.3 is 0 Å². The van der Waals surface area contributed by atoms with Crippen molar-refractivity contribution in [3.05, 3.63) is 53.9 Å². The Kier molecular flexibility index (Phi) is 3.51. The van der Waals surface area contributed by atoms with E-state index in [-0.39, 0.29) is 0 Å². The number of H-pyrrole nitrogens is 1. The van der Waals surface area contributed by atoms with E-state index in [4.69, 9.17) is 9.15 Å². The van der Waals surface area contributed by atoms with Crippen LogP contribution in [0.15, 0.2) is 47.0 Å². The number of benzene rings is 1. The van der Waals surface area contributed by atoms with Gasteiger partial charge in [-0.2, -0.15) is 5.10 Å². The van der Waals surface area contributed by atoms with Crippen LogP contribution in [0.4, 0.5) is 5.69 Å². The lowest BCUT2D eigenvalue weighted by Gasteiger charge is -2.24. The number of aliphatic hydroxyl groups excluding tert-OH is 1. The van der Waals surface area contributed by atoms with Gasteiger partial charge in [0.1, 0.15) is 17.2 Å². The fourth-order valence-corrected chi connectivity index (χ4v) is 2.74. The minimum absolute atomic E-state index is 0.462. The Labute approximate surface area is 133 Å². The van der Waals surface area contributed by atoms with E-state index < -0.39 is 6.10 Å². The van der Waals surface area contributed by atoms with Gasteiger partial charge in [0, 0.05) is 18.2 Å². The molecule has 0 spiro atoms. The van der Waals surface area contributed by atoms with Gasteiger partial charge in [-0.1, -0.05) is 12.1 Å². The van der Waals surface area contributed by atoms with Crippen LogP contribution >= 0.6 is 0 Å².